The van der Waals surface area contributed by atoms with Crippen LogP contribution in [0.1, 0.15) is 6.42 Å². The van der Waals surface area contributed by atoms with Crippen molar-refractivity contribution < 1.29 is 14.7 Å². The van der Waals surface area contributed by atoms with Crippen molar-refractivity contribution in [2.45, 2.75) is 12.5 Å². The molecule has 0 aliphatic carbocycles. The van der Waals surface area contributed by atoms with E-state index in [4.69, 9.17) is 5.11 Å². The van der Waals surface area contributed by atoms with Crippen LogP contribution >= 0.6 is 11.8 Å². The van der Waals surface area contributed by atoms with Gasteiger partial charge in [-0.3, -0.25) is 0 Å². The van der Waals surface area contributed by atoms with Crippen LogP contribution in [0.5, 0.6) is 0 Å². The number of nitrogens with zero attached hydrogens (tertiary/aromatic N) is 2. The maximum Gasteiger partial charge on any atom is 0.326 e. The van der Waals surface area contributed by atoms with Gasteiger partial charge in [0.25, 0.3) is 0 Å². The zero-order valence-corrected chi connectivity index (χ0v) is 11.7. The second-order valence-electron chi connectivity index (χ2n) is 4.41. The second-order valence-corrected chi connectivity index (χ2v) is 5.40. The number of carbonyl (C=O) groups excluding carboxylic acids is 1. The highest BCUT2D eigenvalue weighted by atomic mass is 32.2. The minimum absolute atomic E-state index is 0.267. The van der Waals surface area contributed by atoms with Gasteiger partial charge in [-0.15, -0.1) is 0 Å². The van der Waals surface area contributed by atoms with Crippen LogP contribution in [0.25, 0.3) is 0 Å². The molecule has 0 aromatic heterocycles. The van der Waals surface area contributed by atoms with Gasteiger partial charge in [0.2, 0.25) is 0 Å². The van der Waals surface area contributed by atoms with Crippen LogP contribution in [0.3, 0.4) is 0 Å². The number of urea groups is 1. The molecule has 104 valence electrons. The van der Waals surface area contributed by atoms with Crippen molar-refractivity contribution in [2.24, 2.45) is 0 Å². The molecule has 1 aliphatic rings. The Morgan fingerprint density at radius 2 is 1.94 bits per heavy atom. The van der Waals surface area contributed by atoms with Gasteiger partial charge in [-0.05, 0) is 25.5 Å². The summed E-state index contributed by atoms with van der Waals surface area (Å²) in [6, 6.07) is -1.05. The van der Waals surface area contributed by atoms with E-state index in [2.05, 4.69) is 10.2 Å². The van der Waals surface area contributed by atoms with Crippen LogP contribution in [-0.4, -0.2) is 78.2 Å². The first kappa shape index (κ1) is 15.1. The Kier molecular flexibility index (Phi) is 6.28. The molecule has 0 saturated carbocycles. The molecule has 1 rings (SSSR count). The third-order valence-corrected chi connectivity index (χ3v) is 3.64. The molecule has 0 aromatic carbocycles. The molecule has 0 spiro atoms. The van der Waals surface area contributed by atoms with Crippen molar-refractivity contribution in [2.75, 3.05) is 45.2 Å². The van der Waals surface area contributed by atoms with Crippen LogP contribution in [0.15, 0.2) is 0 Å². The summed E-state index contributed by atoms with van der Waals surface area (Å²) in [5.41, 5.74) is 0. The monoisotopic (exact) mass is 275 g/mol. The summed E-state index contributed by atoms with van der Waals surface area (Å²) in [5, 5.41) is 11.6. The third-order valence-electron chi connectivity index (χ3n) is 3.00. The summed E-state index contributed by atoms with van der Waals surface area (Å²) in [4.78, 5) is 26.8. The summed E-state index contributed by atoms with van der Waals surface area (Å²) < 4.78 is 0. The van der Waals surface area contributed by atoms with Crippen molar-refractivity contribution in [3.8, 4) is 0 Å². The Morgan fingerprint density at radius 3 is 2.44 bits per heavy atom. The van der Waals surface area contributed by atoms with Crippen LogP contribution in [0, 0.1) is 0 Å². The van der Waals surface area contributed by atoms with E-state index in [1.54, 1.807) is 16.7 Å². The van der Waals surface area contributed by atoms with Gasteiger partial charge in [0, 0.05) is 26.2 Å². The first-order valence-corrected chi connectivity index (χ1v) is 7.39. The smallest absolute Gasteiger partial charge is 0.326 e. The molecule has 1 aliphatic heterocycles. The standard InChI is InChI=1S/C11H21N3O3S/c1-13-4-6-14(7-5-13)11(17)12-9(10(15)16)3-8-18-2/h9H,3-8H2,1-2H3,(H,12,17)(H,15,16)/t9-/m1/s1. The van der Waals surface area contributed by atoms with Crippen molar-refractivity contribution in [1.82, 2.24) is 15.1 Å². The molecule has 2 amide bonds. The Morgan fingerprint density at radius 1 is 1.33 bits per heavy atom. The number of carboxylic acids is 1. The number of aliphatic carboxylic acids is 1. The van der Waals surface area contributed by atoms with E-state index in [1.807, 2.05) is 13.3 Å². The van der Waals surface area contributed by atoms with Gasteiger partial charge in [-0.2, -0.15) is 11.8 Å². The third kappa shape index (κ3) is 4.73. The Bertz CT molecular complexity index is 293. The molecular formula is C11H21N3O3S. The summed E-state index contributed by atoms with van der Waals surface area (Å²) in [7, 11) is 2.01. The molecule has 1 heterocycles. The quantitative estimate of drug-likeness (QED) is 0.747. The zero-order valence-electron chi connectivity index (χ0n) is 10.9. The molecular weight excluding hydrogens is 254 g/mol. The normalized spacial score (nSPS) is 18.4. The average molecular weight is 275 g/mol. The Balaban J connectivity index is 2.42. The van der Waals surface area contributed by atoms with Crippen molar-refractivity contribution >= 4 is 23.8 Å². The molecule has 2 N–H and O–H groups in total. The van der Waals surface area contributed by atoms with Crippen LogP contribution in [-0.2, 0) is 4.79 Å². The van der Waals surface area contributed by atoms with Crippen LogP contribution in [0.4, 0.5) is 4.79 Å². The summed E-state index contributed by atoms with van der Waals surface area (Å²) in [6.45, 7) is 2.96. The van der Waals surface area contributed by atoms with Gasteiger partial charge < -0.3 is 20.2 Å². The number of likely N-dealkylation sites (N-methyl/N-ethyl adjacent to an activating group) is 1. The molecule has 0 aromatic rings. The summed E-state index contributed by atoms with van der Waals surface area (Å²) in [6.07, 6.45) is 2.37. The van der Waals surface area contributed by atoms with E-state index in [-0.39, 0.29) is 6.03 Å². The summed E-state index contributed by atoms with van der Waals surface area (Å²) >= 11 is 1.58. The van der Waals surface area contributed by atoms with Gasteiger partial charge in [-0.25, -0.2) is 9.59 Å². The van der Waals surface area contributed by atoms with Crippen LogP contribution < -0.4 is 5.32 Å². The zero-order chi connectivity index (χ0) is 13.5. The minimum atomic E-state index is -0.966. The number of carboxylic acid groups (broad SMARTS) is 1. The van der Waals surface area contributed by atoms with Gasteiger partial charge in [0.15, 0.2) is 0 Å². The largest absolute Gasteiger partial charge is 0.480 e. The first-order valence-electron chi connectivity index (χ1n) is 6.00. The van der Waals surface area contributed by atoms with E-state index in [9.17, 15) is 9.59 Å². The molecule has 18 heavy (non-hydrogen) atoms. The van der Waals surface area contributed by atoms with Crippen molar-refractivity contribution in [3.05, 3.63) is 0 Å². The first-order chi connectivity index (χ1) is 8.54. The lowest BCUT2D eigenvalue weighted by Gasteiger charge is -2.33. The number of hydrogen-bond donors (Lipinski definition) is 2. The Hall–Kier alpha value is -0.950. The van der Waals surface area contributed by atoms with Gasteiger partial charge in [0.1, 0.15) is 6.04 Å². The number of amides is 2. The van der Waals surface area contributed by atoms with Crippen molar-refractivity contribution in [1.29, 1.82) is 0 Å². The van der Waals surface area contributed by atoms with Gasteiger partial charge in [-0.1, -0.05) is 0 Å². The van der Waals surface area contributed by atoms with Gasteiger partial charge in [0.05, 0.1) is 0 Å². The highest BCUT2D eigenvalue weighted by Crippen LogP contribution is 2.04. The number of thioether (sulfide) groups is 1. The predicted molar refractivity (Wildman–Crippen MR) is 72.0 cm³/mol. The Labute approximate surface area is 112 Å². The fourth-order valence-electron chi connectivity index (χ4n) is 1.74. The molecule has 6 nitrogen and oxygen atoms in total. The minimum Gasteiger partial charge on any atom is -0.480 e. The molecule has 7 heteroatoms. The SMILES string of the molecule is CSCC[C@@H](NC(=O)N1CCN(C)CC1)C(=O)O. The van der Waals surface area contributed by atoms with Crippen LogP contribution in [0.2, 0.25) is 0 Å². The highest BCUT2D eigenvalue weighted by molar-refractivity contribution is 7.98. The molecule has 1 saturated heterocycles. The lowest BCUT2D eigenvalue weighted by molar-refractivity contribution is -0.139. The molecule has 1 atom stereocenters. The fraction of sp³-hybridized carbons (Fsp3) is 0.818. The lowest BCUT2D eigenvalue weighted by Crippen LogP contribution is -2.54. The molecule has 1 fully saturated rings. The highest BCUT2D eigenvalue weighted by Gasteiger charge is 2.24. The summed E-state index contributed by atoms with van der Waals surface area (Å²) in [5.74, 6) is -0.244. The van der Waals surface area contributed by atoms with E-state index in [0.717, 1.165) is 18.8 Å². The maximum absolute atomic E-state index is 11.9. The van der Waals surface area contributed by atoms with E-state index in [1.165, 1.54) is 0 Å². The number of rotatable bonds is 5. The predicted octanol–water partition coefficient (Wildman–Crippen LogP) is 0.150. The topological polar surface area (TPSA) is 72.9 Å². The van der Waals surface area contributed by atoms with E-state index < -0.39 is 12.0 Å². The number of carbonyl (C=O) groups is 2. The number of hydrogen-bond acceptors (Lipinski definition) is 4. The number of nitrogens with one attached hydrogen (secondary N) is 1. The van der Waals surface area contributed by atoms with Gasteiger partial charge >= 0.3 is 12.0 Å². The second kappa shape index (κ2) is 7.48. The maximum atomic E-state index is 11.9. The van der Waals surface area contributed by atoms with Crippen molar-refractivity contribution in [3.63, 3.8) is 0 Å². The number of piperazine rings is 1. The molecule has 0 unspecified atom stereocenters. The fourth-order valence-corrected chi connectivity index (χ4v) is 2.21. The van der Waals surface area contributed by atoms with E-state index >= 15 is 0 Å². The lowest BCUT2D eigenvalue weighted by atomic mass is 10.2. The average Bonchev–Trinajstić information content (AvgIpc) is 2.34. The molecule has 0 radical (unpaired) electrons. The van der Waals surface area contributed by atoms with E-state index in [0.29, 0.717) is 19.5 Å². The molecule has 0 bridgehead atoms.